The molecule has 2 amide bonds. The van der Waals surface area contributed by atoms with Gasteiger partial charge in [0.05, 0.1) is 24.0 Å². The van der Waals surface area contributed by atoms with Gasteiger partial charge in [-0.3, -0.25) is 9.59 Å². The molecule has 1 atom stereocenters. The molecule has 1 fully saturated rings. The molecule has 196 valence electrons. The molecule has 1 aromatic heterocycles. The normalized spacial score (nSPS) is 15.8. The third-order valence-corrected chi connectivity index (χ3v) is 7.34. The molecule has 0 aliphatic carbocycles. The van der Waals surface area contributed by atoms with Crippen molar-refractivity contribution < 1.29 is 32.2 Å². The fraction of sp³-hybridized carbons (Fsp3) is 0.458. The first-order valence-electron chi connectivity index (χ1n) is 11.5. The summed E-state index contributed by atoms with van der Waals surface area (Å²) in [5.74, 6) is -1.32. The molecule has 36 heavy (non-hydrogen) atoms. The number of hydrogen-bond acceptors (Lipinski definition) is 7. The Bertz CT molecular complexity index is 1150. The number of nitrogens with one attached hydrogen (secondary N) is 3. The minimum absolute atomic E-state index is 0.162. The minimum Gasteiger partial charge on any atom is -0.394 e. The van der Waals surface area contributed by atoms with Crippen LogP contribution in [0.25, 0.3) is 0 Å². The highest BCUT2D eigenvalue weighted by atomic mass is 32.2. The summed E-state index contributed by atoms with van der Waals surface area (Å²) in [4.78, 5) is 29.8. The van der Waals surface area contributed by atoms with Gasteiger partial charge in [-0.1, -0.05) is 0 Å². The van der Waals surface area contributed by atoms with Crippen molar-refractivity contribution in [3.63, 3.8) is 0 Å². The van der Waals surface area contributed by atoms with Crippen LogP contribution < -0.4 is 15.4 Å². The Morgan fingerprint density at radius 3 is 2.42 bits per heavy atom. The fourth-order valence-electron chi connectivity index (χ4n) is 3.68. The number of benzene rings is 1. The number of aromatic nitrogens is 1. The van der Waals surface area contributed by atoms with Crippen LogP contribution in [-0.2, 0) is 19.6 Å². The number of aliphatic hydroxyl groups excluding tert-OH is 1. The number of anilines is 1. The smallest absolute Gasteiger partial charge is 0.258 e. The number of halogens is 1. The van der Waals surface area contributed by atoms with Crippen molar-refractivity contribution in [1.29, 1.82) is 0 Å². The number of pyridine rings is 1. The number of hydrogen-bond donors (Lipinski definition) is 4. The van der Waals surface area contributed by atoms with Crippen LogP contribution in [0.4, 0.5) is 10.1 Å². The molecule has 4 N–H and O–H groups in total. The zero-order chi connectivity index (χ0) is 26.3. The van der Waals surface area contributed by atoms with E-state index in [1.165, 1.54) is 56.4 Å². The Morgan fingerprint density at radius 2 is 1.83 bits per heavy atom. The van der Waals surface area contributed by atoms with Gasteiger partial charge in [0, 0.05) is 18.8 Å². The summed E-state index contributed by atoms with van der Waals surface area (Å²) in [6, 6.07) is 6.74. The first-order valence-corrected chi connectivity index (χ1v) is 13.0. The van der Waals surface area contributed by atoms with Crippen LogP contribution in [0.5, 0.6) is 0 Å². The SMILES string of the molecule is CC(C)(CO)NS(=O)(=O)c1ccc(NC(=O)[C@H](CC2CCOCC2)NC(=O)c2ccc(F)cc2)cn1. The molecule has 0 saturated carbocycles. The summed E-state index contributed by atoms with van der Waals surface area (Å²) in [6.45, 7) is 3.80. The molecule has 1 saturated heterocycles. The Morgan fingerprint density at radius 1 is 1.17 bits per heavy atom. The van der Waals surface area contributed by atoms with Gasteiger partial charge in [-0.15, -0.1) is 0 Å². The Labute approximate surface area is 209 Å². The molecule has 10 nitrogen and oxygen atoms in total. The summed E-state index contributed by atoms with van der Waals surface area (Å²) in [6.07, 6.45) is 3.08. The number of carbonyl (C=O) groups is 2. The molecule has 2 heterocycles. The number of ether oxygens (including phenoxy) is 1. The summed E-state index contributed by atoms with van der Waals surface area (Å²) in [5.41, 5.74) is -0.614. The van der Waals surface area contributed by atoms with Crippen LogP contribution in [0.2, 0.25) is 0 Å². The van der Waals surface area contributed by atoms with Gasteiger partial charge in [-0.05, 0) is 75.4 Å². The van der Waals surface area contributed by atoms with Gasteiger partial charge in [0.15, 0.2) is 5.03 Å². The predicted octanol–water partition coefficient (Wildman–Crippen LogP) is 1.82. The molecule has 2 aromatic rings. The first-order chi connectivity index (χ1) is 17.0. The molecule has 1 aromatic carbocycles. The third kappa shape index (κ3) is 7.79. The van der Waals surface area contributed by atoms with Gasteiger partial charge in [0.1, 0.15) is 11.9 Å². The minimum atomic E-state index is -3.99. The highest BCUT2D eigenvalue weighted by Crippen LogP contribution is 2.22. The summed E-state index contributed by atoms with van der Waals surface area (Å²) >= 11 is 0. The van der Waals surface area contributed by atoms with Crippen molar-refractivity contribution in [1.82, 2.24) is 15.0 Å². The largest absolute Gasteiger partial charge is 0.394 e. The van der Waals surface area contributed by atoms with Gasteiger partial charge in [0.25, 0.3) is 15.9 Å². The average Bonchev–Trinajstić information content (AvgIpc) is 2.84. The van der Waals surface area contributed by atoms with Crippen LogP contribution in [0.1, 0.15) is 43.5 Å². The van der Waals surface area contributed by atoms with E-state index in [1.807, 2.05) is 0 Å². The fourth-order valence-corrected chi connectivity index (χ4v) is 5.02. The second-order valence-corrected chi connectivity index (χ2v) is 11.0. The highest BCUT2D eigenvalue weighted by molar-refractivity contribution is 7.89. The number of sulfonamides is 1. The van der Waals surface area contributed by atoms with Crippen LogP contribution in [0.15, 0.2) is 47.6 Å². The first kappa shape index (κ1) is 27.7. The maximum Gasteiger partial charge on any atom is 0.258 e. The van der Waals surface area contributed by atoms with Gasteiger partial charge in [-0.2, -0.15) is 0 Å². The van der Waals surface area contributed by atoms with Gasteiger partial charge < -0.3 is 20.5 Å². The van der Waals surface area contributed by atoms with Crippen LogP contribution in [-0.4, -0.2) is 61.7 Å². The Balaban J connectivity index is 1.72. The van der Waals surface area contributed by atoms with E-state index in [0.29, 0.717) is 19.6 Å². The standard InChI is InChI=1S/C24H31FN4O6S/c1-24(2,15-30)29-36(33,34)21-8-7-19(14-26-21)27-23(32)20(13-16-9-11-35-12-10-16)28-22(31)17-3-5-18(25)6-4-17/h3-8,14,16,20,29-30H,9-13,15H2,1-2H3,(H,27,32)(H,28,31)/t20-/m0/s1. The Kier molecular flexibility index (Phi) is 9.12. The van der Waals surface area contributed by atoms with Crippen molar-refractivity contribution in [2.24, 2.45) is 5.92 Å². The summed E-state index contributed by atoms with van der Waals surface area (Å²) < 4.78 is 45.9. The van der Waals surface area contributed by atoms with Crippen molar-refractivity contribution in [2.75, 3.05) is 25.1 Å². The van der Waals surface area contributed by atoms with E-state index in [9.17, 15) is 27.5 Å². The summed E-state index contributed by atoms with van der Waals surface area (Å²) in [5, 5.41) is 14.4. The van der Waals surface area contributed by atoms with E-state index in [4.69, 9.17) is 4.74 Å². The van der Waals surface area contributed by atoms with E-state index in [-0.39, 0.29) is 22.2 Å². The van der Waals surface area contributed by atoms with Crippen molar-refractivity contribution in [2.45, 2.75) is 49.7 Å². The maximum atomic E-state index is 13.2. The average molecular weight is 523 g/mol. The number of amides is 2. The van der Waals surface area contributed by atoms with Gasteiger partial charge >= 0.3 is 0 Å². The zero-order valence-electron chi connectivity index (χ0n) is 20.2. The molecule has 0 bridgehead atoms. The summed E-state index contributed by atoms with van der Waals surface area (Å²) in [7, 11) is -3.99. The number of aliphatic hydroxyl groups is 1. The van der Waals surface area contributed by atoms with E-state index in [0.717, 1.165) is 12.8 Å². The quantitative estimate of drug-likeness (QED) is 0.372. The molecule has 0 unspecified atom stereocenters. The number of nitrogens with zero attached hydrogens (tertiary/aromatic N) is 1. The highest BCUT2D eigenvalue weighted by Gasteiger charge is 2.28. The van der Waals surface area contributed by atoms with E-state index < -0.39 is 45.8 Å². The number of carbonyl (C=O) groups excluding carboxylic acids is 2. The molecular formula is C24H31FN4O6S. The molecule has 0 spiro atoms. The van der Waals surface area contributed by atoms with Crippen LogP contribution >= 0.6 is 0 Å². The molecule has 12 heteroatoms. The second-order valence-electron chi connectivity index (χ2n) is 9.35. The Hall–Kier alpha value is -2.93. The van der Waals surface area contributed by atoms with Gasteiger partial charge in [0.2, 0.25) is 5.91 Å². The molecule has 1 aliphatic heterocycles. The monoisotopic (exact) mass is 522 g/mol. The lowest BCUT2D eigenvalue weighted by Crippen LogP contribution is -2.46. The van der Waals surface area contributed by atoms with Crippen LogP contribution in [0, 0.1) is 11.7 Å². The lowest BCUT2D eigenvalue weighted by atomic mass is 9.92. The van der Waals surface area contributed by atoms with E-state index in [2.05, 4.69) is 20.3 Å². The van der Waals surface area contributed by atoms with E-state index in [1.54, 1.807) is 0 Å². The lowest BCUT2D eigenvalue weighted by molar-refractivity contribution is -0.118. The molecule has 0 radical (unpaired) electrons. The van der Waals surface area contributed by atoms with Crippen molar-refractivity contribution in [3.05, 3.63) is 54.0 Å². The lowest BCUT2D eigenvalue weighted by Gasteiger charge is -2.27. The maximum absolute atomic E-state index is 13.2. The molecule has 3 rings (SSSR count). The molecule has 1 aliphatic rings. The van der Waals surface area contributed by atoms with Gasteiger partial charge in [-0.25, -0.2) is 22.5 Å². The van der Waals surface area contributed by atoms with E-state index >= 15 is 0 Å². The predicted molar refractivity (Wildman–Crippen MR) is 130 cm³/mol. The zero-order valence-corrected chi connectivity index (χ0v) is 21.0. The number of rotatable bonds is 10. The van der Waals surface area contributed by atoms with Crippen molar-refractivity contribution in [3.8, 4) is 0 Å². The third-order valence-electron chi connectivity index (χ3n) is 5.72. The topological polar surface area (TPSA) is 147 Å². The van der Waals surface area contributed by atoms with Crippen molar-refractivity contribution >= 4 is 27.5 Å². The second kappa shape index (κ2) is 11.9. The van der Waals surface area contributed by atoms with Crippen LogP contribution in [0.3, 0.4) is 0 Å². The molecular weight excluding hydrogens is 491 g/mol.